The molecule has 1 unspecified atom stereocenters. The molecule has 0 amide bonds. The number of aliphatic imine (C=N–C) groups is 1. The number of nitrogens with one attached hydrogen (secondary N) is 2. The van der Waals surface area contributed by atoms with Gasteiger partial charge in [-0.15, -0.1) is 24.0 Å². The van der Waals surface area contributed by atoms with Gasteiger partial charge in [0, 0.05) is 25.8 Å². The molecule has 0 aliphatic heterocycles. The Morgan fingerprint density at radius 2 is 1.78 bits per heavy atom. The summed E-state index contributed by atoms with van der Waals surface area (Å²) >= 11 is 0. The lowest BCUT2D eigenvalue weighted by Crippen LogP contribution is -2.39. The summed E-state index contributed by atoms with van der Waals surface area (Å²) < 4.78 is 24.0. The zero-order chi connectivity index (χ0) is 18.8. The first-order valence-corrected chi connectivity index (χ1v) is 8.60. The molecule has 7 heteroatoms. The fourth-order valence-electron chi connectivity index (χ4n) is 2.54. The fourth-order valence-corrected chi connectivity index (χ4v) is 2.54. The van der Waals surface area contributed by atoms with E-state index in [0.29, 0.717) is 19.0 Å². The van der Waals surface area contributed by atoms with Crippen LogP contribution >= 0.6 is 24.0 Å². The van der Waals surface area contributed by atoms with E-state index in [-0.39, 0.29) is 35.9 Å². The maximum atomic E-state index is 13.1. The zero-order valence-corrected chi connectivity index (χ0v) is 18.2. The molecule has 0 aromatic heterocycles. The van der Waals surface area contributed by atoms with Crippen molar-refractivity contribution in [3.63, 3.8) is 0 Å². The topological polar surface area (TPSA) is 54.9 Å². The van der Waals surface area contributed by atoms with Crippen LogP contribution in [0.15, 0.2) is 53.5 Å². The van der Waals surface area contributed by atoms with Gasteiger partial charge in [0.2, 0.25) is 0 Å². The predicted molar refractivity (Wildman–Crippen MR) is 117 cm³/mol. The minimum atomic E-state index is -0.261. The van der Waals surface area contributed by atoms with Crippen LogP contribution in [0, 0.1) is 5.82 Å². The third-order valence-corrected chi connectivity index (χ3v) is 3.93. The van der Waals surface area contributed by atoms with Gasteiger partial charge in [0.1, 0.15) is 11.6 Å². The fraction of sp³-hybridized carbons (Fsp3) is 0.350. The van der Waals surface area contributed by atoms with Crippen LogP contribution in [-0.4, -0.2) is 33.3 Å². The highest BCUT2D eigenvalue weighted by Gasteiger charge is 2.11. The second kappa shape index (κ2) is 12.5. The molecule has 27 heavy (non-hydrogen) atoms. The molecule has 1 atom stereocenters. The Morgan fingerprint density at radius 1 is 1.07 bits per heavy atom. The number of methoxy groups -OCH3 is 2. The maximum absolute atomic E-state index is 13.1. The first kappa shape index (κ1) is 23.2. The van der Waals surface area contributed by atoms with Crippen LogP contribution in [0.1, 0.15) is 24.2 Å². The number of guanidine groups is 1. The lowest BCUT2D eigenvalue weighted by molar-refractivity contribution is 0.106. The molecule has 0 radical (unpaired) electrons. The molecule has 0 saturated carbocycles. The summed E-state index contributed by atoms with van der Waals surface area (Å²) in [5.41, 5.74) is 1.91. The third kappa shape index (κ3) is 7.34. The highest BCUT2D eigenvalue weighted by atomic mass is 127. The summed E-state index contributed by atoms with van der Waals surface area (Å²) in [5, 5.41) is 6.48. The van der Waals surface area contributed by atoms with Crippen molar-refractivity contribution >= 4 is 29.9 Å². The summed E-state index contributed by atoms with van der Waals surface area (Å²) in [6.07, 6.45) is -0.203. The van der Waals surface area contributed by atoms with Gasteiger partial charge in [-0.1, -0.05) is 30.3 Å². The minimum absolute atomic E-state index is 0. The molecule has 0 aliphatic carbocycles. The van der Waals surface area contributed by atoms with E-state index in [0.717, 1.165) is 23.4 Å². The molecule has 5 nitrogen and oxygen atoms in total. The lowest BCUT2D eigenvalue weighted by Gasteiger charge is -2.19. The Kier molecular flexibility index (Phi) is 10.7. The Morgan fingerprint density at radius 3 is 2.41 bits per heavy atom. The van der Waals surface area contributed by atoms with E-state index in [4.69, 9.17) is 9.47 Å². The van der Waals surface area contributed by atoms with Gasteiger partial charge in [-0.05, 0) is 30.7 Å². The number of hydrogen-bond donors (Lipinski definition) is 2. The van der Waals surface area contributed by atoms with Crippen molar-refractivity contribution in [2.24, 2.45) is 4.99 Å². The van der Waals surface area contributed by atoms with Crippen LogP contribution in [0.3, 0.4) is 0 Å². The van der Waals surface area contributed by atoms with Crippen LogP contribution in [0.4, 0.5) is 4.39 Å². The number of para-hydroxylation sites is 1. The van der Waals surface area contributed by atoms with E-state index < -0.39 is 0 Å². The Bertz CT molecular complexity index is 711. The van der Waals surface area contributed by atoms with Crippen LogP contribution < -0.4 is 15.4 Å². The summed E-state index contributed by atoms with van der Waals surface area (Å²) in [6.45, 7) is 3.76. The molecular weight excluding hydrogens is 460 g/mol. The van der Waals surface area contributed by atoms with Crippen molar-refractivity contribution < 1.29 is 13.9 Å². The normalized spacial score (nSPS) is 12.1. The molecule has 0 fully saturated rings. The molecule has 2 rings (SSSR count). The maximum Gasteiger partial charge on any atom is 0.191 e. The smallest absolute Gasteiger partial charge is 0.191 e. The van der Waals surface area contributed by atoms with E-state index in [2.05, 4.69) is 15.6 Å². The first-order chi connectivity index (χ1) is 12.7. The monoisotopic (exact) mass is 487 g/mol. The molecule has 2 aromatic carbocycles. The van der Waals surface area contributed by atoms with Crippen molar-refractivity contribution in [2.75, 3.05) is 27.3 Å². The second-order valence-corrected chi connectivity index (χ2v) is 5.66. The molecule has 0 bridgehead atoms. The summed E-state index contributed by atoms with van der Waals surface area (Å²) in [4.78, 5) is 4.61. The summed E-state index contributed by atoms with van der Waals surface area (Å²) in [7, 11) is 3.28. The number of ether oxygens (including phenoxy) is 2. The zero-order valence-electron chi connectivity index (χ0n) is 15.9. The molecule has 2 N–H and O–H groups in total. The molecular formula is C20H27FIN3O2. The quantitative estimate of drug-likeness (QED) is 0.337. The highest BCUT2D eigenvalue weighted by Crippen LogP contribution is 2.18. The van der Waals surface area contributed by atoms with Crippen molar-refractivity contribution in [1.29, 1.82) is 0 Å². The predicted octanol–water partition coefficient (Wildman–Crippen LogP) is 3.90. The van der Waals surface area contributed by atoms with Gasteiger partial charge in [0.05, 0.1) is 19.8 Å². The number of benzene rings is 2. The molecule has 0 aliphatic rings. The van der Waals surface area contributed by atoms with Gasteiger partial charge < -0.3 is 20.1 Å². The second-order valence-electron chi connectivity index (χ2n) is 5.66. The standard InChI is InChI=1S/C20H26FN3O2.HI/c1-4-22-20(23-13-16-7-5-6-8-18(16)25-2)24-14-19(26-3)15-9-11-17(21)12-10-15;/h5-12,19H,4,13-14H2,1-3H3,(H2,22,23,24);1H. The average Bonchev–Trinajstić information content (AvgIpc) is 2.67. The van der Waals surface area contributed by atoms with Gasteiger partial charge >= 0.3 is 0 Å². The van der Waals surface area contributed by atoms with E-state index in [1.165, 1.54) is 12.1 Å². The number of halogens is 2. The number of rotatable bonds is 8. The van der Waals surface area contributed by atoms with E-state index in [1.54, 1.807) is 26.4 Å². The molecule has 0 saturated heterocycles. The number of nitrogens with zero attached hydrogens (tertiary/aromatic N) is 1. The van der Waals surface area contributed by atoms with Crippen LogP contribution in [0.25, 0.3) is 0 Å². The van der Waals surface area contributed by atoms with Crippen molar-refractivity contribution in [2.45, 2.75) is 19.6 Å². The highest BCUT2D eigenvalue weighted by molar-refractivity contribution is 14.0. The SMILES string of the molecule is CCNC(=NCc1ccccc1OC)NCC(OC)c1ccc(F)cc1.I. The van der Waals surface area contributed by atoms with Gasteiger partial charge in [-0.2, -0.15) is 0 Å². The van der Waals surface area contributed by atoms with Crippen LogP contribution in [0.2, 0.25) is 0 Å². The Labute approximate surface area is 177 Å². The van der Waals surface area contributed by atoms with E-state index >= 15 is 0 Å². The van der Waals surface area contributed by atoms with Crippen molar-refractivity contribution in [3.8, 4) is 5.75 Å². The van der Waals surface area contributed by atoms with Gasteiger partial charge in [0.25, 0.3) is 0 Å². The van der Waals surface area contributed by atoms with Crippen LogP contribution in [0.5, 0.6) is 5.75 Å². The number of hydrogen-bond acceptors (Lipinski definition) is 3. The molecule has 148 valence electrons. The minimum Gasteiger partial charge on any atom is -0.496 e. The first-order valence-electron chi connectivity index (χ1n) is 8.60. The van der Waals surface area contributed by atoms with Crippen molar-refractivity contribution in [3.05, 3.63) is 65.5 Å². The van der Waals surface area contributed by atoms with Gasteiger partial charge in [-0.3, -0.25) is 0 Å². The Hall–Kier alpha value is -1.87. The summed E-state index contributed by atoms with van der Waals surface area (Å²) in [5.74, 6) is 1.24. The third-order valence-electron chi connectivity index (χ3n) is 3.93. The van der Waals surface area contributed by atoms with Gasteiger partial charge in [-0.25, -0.2) is 9.38 Å². The summed E-state index contributed by atoms with van der Waals surface area (Å²) in [6, 6.07) is 14.1. The van der Waals surface area contributed by atoms with E-state index in [1.807, 2.05) is 31.2 Å². The molecule has 0 spiro atoms. The molecule has 0 heterocycles. The largest absolute Gasteiger partial charge is 0.496 e. The van der Waals surface area contributed by atoms with E-state index in [9.17, 15) is 4.39 Å². The Balaban J connectivity index is 0.00000364. The van der Waals surface area contributed by atoms with Crippen molar-refractivity contribution in [1.82, 2.24) is 10.6 Å². The lowest BCUT2D eigenvalue weighted by atomic mass is 10.1. The van der Waals surface area contributed by atoms with Gasteiger partial charge in [0.15, 0.2) is 5.96 Å². The molecule has 2 aromatic rings. The average molecular weight is 487 g/mol. The van der Waals surface area contributed by atoms with Crippen LogP contribution in [-0.2, 0) is 11.3 Å².